The van der Waals surface area contributed by atoms with Crippen LogP contribution in [0.2, 0.25) is 0 Å². The fourth-order valence-corrected chi connectivity index (χ4v) is 2.63. The molecule has 0 aliphatic carbocycles. The fraction of sp³-hybridized carbons (Fsp3) is 0.600. The van der Waals surface area contributed by atoms with Crippen molar-refractivity contribution in [1.82, 2.24) is 0 Å². The van der Waals surface area contributed by atoms with Crippen LogP contribution in [0.1, 0.15) is 44.6 Å². The molecule has 0 N–H and O–H groups in total. The molecule has 1 heterocycles. The molecule has 100 valence electrons. The molecule has 3 heteroatoms. The van der Waals surface area contributed by atoms with E-state index in [1.807, 2.05) is 18.2 Å². The van der Waals surface area contributed by atoms with E-state index in [4.69, 9.17) is 21.1 Å². The summed E-state index contributed by atoms with van der Waals surface area (Å²) in [7, 11) is 0. The molecule has 0 spiro atoms. The van der Waals surface area contributed by atoms with Crippen molar-refractivity contribution < 1.29 is 9.47 Å². The number of alkyl halides is 1. The SMILES string of the molecule is CC(C)(C)CC(Cl)c1ccc2c(c1)OCCCO2. The van der Waals surface area contributed by atoms with Crippen molar-refractivity contribution in [2.24, 2.45) is 5.41 Å². The minimum atomic E-state index is 0.0159. The first kappa shape index (κ1) is 13.5. The summed E-state index contributed by atoms with van der Waals surface area (Å²) in [5.74, 6) is 1.65. The lowest BCUT2D eigenvalue weighted by Gasteiger charge is -2.22. The highest BCUT2D eigenvalue weighted by atomic mass is 35.5. The summed E-state index contributed by atoms with van der Waals surface area (Å²) in [6.45, 7) is 8.03. The zero-order chi connectivity index (χ0) is 13.2. The van der Waals surface area contributed by atoms with E-state index < -0.39 is 0 Å². The van der Waals surface area contributed by atoms with E-state index in [9.17, 15) is 0 Å². The molecule has 1 atom stereocenters. The van der Waals surface area contributed by atoms with Gasteiger partial charge in [-0.05, 0) is 29.5 Å². The van der Waals surface area contributed by atoms with Gasteiger partial charge in [-0.3, -0.25) is 0 Å². The monoisotopic (exact) mass is 268 g/mol. The van der Waals surface area contributed by atoms with E-state index in [1.165, 1.54) is 0 Å². The Balaban J connectivity index is 2.17. The van der Waals surface area contributed by atoms with Gasteiger partial charge in [0.05, 0.1) is 18.6 Å². The third-order valence-electron chi connectivity index (χ3n) is 2.92. The number of ether oxygens (including phenoxy) is 2. The molecular weight excluding hydrogens is 248 g/mol. The van der Waals surface area contributed by atoms with Gasteiger partial charge in [0.25, 0.3) is 0 Å². The summed E-state index contributed by atoms with van der Waals surface area (Å²) >= 11 is 6.48. The molecule has 0 amide bonds. The molecule has 2 rings (SSSR count). The van der Waals surface area contributed by atoms with Crippen LogP contribution < -0.4 is 9.47 Å². The summed E-state index contributed by atoms with van der Waals surface area (Å²) in [6.07, 6.45) is 1.87. The smallest absolute Gasteiger partial charge is 0.161 e. The number of halogens is 1. The van der Waals surface area contributed by atoms with E-state index in [0.29, 0.717) is 6.61 Å². The zero-order valence-corrected chi connectivity index (χ0v) is 12.1. The Morgan fingerprint density at radius 2 is 1.83 bits per heavy atom. The van der Waals surface area contributed by atoms with Gasteiger partial charge in [-0.25, -0.2) is 0 Å². The van der Waals surface area contributed by atoms with Crippen LogP contribution in [-0.2, 0) is 0 Å². The lowest BCUT2D eigenvalue weighted by molar-refractivity contribution is 0.297. The maximum Gasteiger partial charge on any atom is 0.161 e. The zero-order valence-electron chi connectivity index (χ0n) is 11.3. The van der Waals surface area contributed by atoms with Crippen molar-refractivity contribution in [3.05, 3.63) is 23.8 Å². The van der Waals surface area contributed by atoms with Crippen LogP contribution >= 0.6 is 11.6 Å². The molecule has 0 bridgehead atoms. The van der Waals surface area contributed by atoms with Crippen molar-refractivity contribution in [1.29, 1.82) is 0 Å². The molecule has 1 aliphatic heterocycles. The minimum absolute atomic E-state index is 0.0159. The summed E-state index contributed by atoms with van der Waals surface area (Å²) in [4.78, 5) is 0. The second-order valence-corrected chi connectivity index (χ2v) is 6.52. The Morgan fingerprint density at radius 1 is 1.17 bits per heavy atom. The van der Waals surface area contributed by atoms with Gasteiger partial charge in [-0.1, -0.05) is 26.8 Å². The molecule has 1 aliphatic rings. The van der Waals surface area contributed by atoms with Crippen LogP contribution in [0.25, 0.3) is 0 Å². The summed E-state index contributed by atoms with van der Waals surface area (Å²) < 4.78 is 11.3. The average Bonchev–Trinajstić information content (AvgIpc) is 2.50. The standard InChI is InChI=1S/C15H21ClO2/c1-15(2,3)10-12(16)11-5-6-13-14(9-11)18-8-4-7-17-13/h5-6,9,12H,4,7-8,10H2,1-3H3. The van der Waals surface area contributed by atoms with Crippen LogP contribution in [0.4, 0.5) is 0 Å². The van der Waals surface area contributed by atoms with Gasteiger partial charge < -0.3 is 9.47 Å². The topological polar surface area (TPSA) is 18.5 Å². The van der Waals surface area contributed by atoms with Crippen LogP contribution in [0, 0.1) is 5.41 Å². The predicted octanol–water partition coefficient (Wildman–Crippen LogP) is 4.56. The van der Waals surface area contributed by atoms with Crippen molar-refractivity contribution in [2.75, 3.05) is 13.2 Å². The van der Waals surface area contributed by atoms with Crippen LogP contribution in [-0.4, -0.2) is 13.2 Å². The van der Waals surface area contributed by atoms with E-state index in [2.05, 4.69) is 20.8 Å². The van der Waals surface area contributed by atoms with Crippen LogP contribution in [0.5, 0.6) is 11.5 Å². The Kier molecular flexibility index (Phi) is 4.06. The number of hydrogen-bond acceptors (Lipinski definition) is 2. The van der Waals surface area contributed by atoms with E-state index in [-0.39, 0.29) is 10.8 Å². The second-order valence-electron chi connectivity index (χ2n) is 5.99. The lowest BCUT2D eigenvalue weighted by Crippen LogP contribution is -2.08. The maximum absolute atomic E-state index is 6.48. The number of hydrogen-bond donors (Lipinski definition) is 0. The van der Waals surface area contributed by atoms with Gasteiger partial charge in [0.15, 0.2) is 11.5 Å². The first-order valence-electron chi connectivity index (χ1n) is 6.49. The van der Waals surface area contributed by atoms with E-state index in [0.717, 1.165) is 36.5 Å². The maximum atomic E-state index is 6.48. The quantitative estimate of drug-likeness (QED) is 0.732. The highest BCUT2D eigenvalue weighted by Crippen LogP contribution is 2.38. The van der Waals surface area contributed by atoms with E-state index >= 15 is 0 Å². The second kappa shape index (κ2) is 5.40. The van der Waals surface area contributed by atoms with Gasteiger partial charge in [0.1, 0.15) is 0 Å². The molecule has 2 nitrogen and oxygen atoms in total. The van der Waals surface area contributed by atoms with Crippen LogP contribution in [0.15, 0.2) is 18.2 Å². The Bertz CT molecular complexity index is 409. The first-order chi connectivity index (χ1) is 8.46. The molecule has 0 saturated carbocycles. The summed E-state index contributed by atoms with van der Waals surface area (Å²) in [5, 5.41) is 0.0159. The van der Waals surface area contributed by atoms with Crippen molar-refractivity contribution in [3.8, 4) is 11.5 Å². The first-order valence-corrected chi connectivity index (χ1v) is 6.93. The van der Waals surface area contributed by atoms with Gasteiger partial charge in [-0.15, -0.1) is 11.6 Å². The molecule has 0 radical (unpaired) electrons. The summed E-state index contributed by atoms with van der Waals surface area (Å²) in [5.41, 5.74) is 1.33. The fourth-order valence-electron chi connectivity index (χ4n) is 2.03. The molecule has 1 aromatic carbocycles. The van der Waals surface area contributed by atoms with Crippen molar-refractivity contribution >= 4 is 11.6 Å². The van der Waals surface area contributed by atoms with Gasteiger partial charge >= 0.3 is 0 Å². The van der Waals surface area contributed by atoms with Crippen molar-refractivity contribution in [3.63, 3.8) is 0 Å². The highest BCUT2D eigenvalue weighted by molar-refractivity contribution is 6.20. The third kappa shape index (κ3) is 3.55. The third-order valence-corrected chi connectivity index (χ3v) is 3.33. The Morgan fingerprint density at radius 3 is 2.50 bits per heavy atom. The minimum Gasteiger partial charge on any atom is -0.490 e. The van der Waals surface area contributed by atoms with Gasteiger partial charge in [0.2, 0.25) is 0 Å². The molecule has 1 unspecified atom stereocenters. The Labute approximate surface area is 114 Å². The Hall–Kier alpha value is -0.890. The number of benzene rings is 1. The van der Waals surface area contributed by atoms with Crippen molar-refractivity contribution in [2.45, 2.75) is 39.0 Å². The average molecular weight is 269 g/mol. The normalized spacial score (nSPS) is 17.1. The molecule has 0 aromatic heterocycles. The molecule has 0 fully saturated rings. The van der Waals surface area contributed by atoms with Crippen LogP contribution in [0.3, 0.4) is 0 Å². The molecule has 1 aromatic rings. The predicted molar refractivity (Wildman–Crippen MR) is 74.7 cm³/mol. The van der Waals surface area contributed by atoms with Gasteiger partial charge in [0, 0.05) is 6.42 Å². The van der Waals surface area contributed by atoms with E-state index in [1.54, 1.807) is 0 Å². The molecular formula is C15H21ClO2. The highest BCUT2D eigenvalue weighted by Gasteiger charge is 2.20. The largest absolute Gasteiger partial charge is 0.490 e. The lowest BCUT2D eigenvalue weighted by atomic mass is 9.88. The van der Waals surface area contributed by atoms with Gasteiger partial charge in [-0.2, -0.15) is 0 Å². The molecule has 0 saturated heterocycles. The molecule has 18 heavy (non-hydrogen) atoms. The summed E-state index contributed by atoms with van der Waals surface area (Å²) in [6, 6.07) is 6.02. The number of fused-ring (bicyclic) bond motifs is 1. The number of rotatable bonds is 2.